The molecule has 0 aromatic heterocycles. The number of rotatable bonds is 4. The molecule has 2 aromatic rings. The van der Waals surface area contributed by atoms with E-state index in [9.17, 15) is 14.9 Å². The van der Waals surface area contributed by atoms with E-state index in [4.69, 9.17) is 5.73 Å². The van der Waals surface area contributed by atoms with Gasteiger partial charge in [-0.3, -0.25) is 14.9 Å². The lowest BCUT2D eigenvalue weighted by atomic mass is 10.2. The van der Waals surface area contributed by atoms with Gasteiger partial charge in [0.15, 0.2) is 0 Å². The number of nitrogen functional groups attached to an aromatic ring is 1. The monoisotopic (exact) mass is 284 g/mol. The molecule has 3 N–H and O–H groups in total. The molecular weight excluding hydrogens is 272 g/mol. The van der Waals surface area contributed by atoms with Crippen molar-refractivity contribution in [2.45, 2.75) is 0 Å². The van der Waals surface area contributed by atoms with E-state index in [-0.39, 0.29) is 5.69 Å². The molecule has 7 heteroatoms. The lowest BCUT2D eigenvalue weighted by Crippen LogP contribution is -2.17. The average Bonchev–Trinajstić information content (AvgIpc) is 2.48. The lowest BCUT2D eigenvalue weighted by Gasteiger charge is -2.00. The van der Waals surface area contributed by atoms with Crippen molar-refractivity contribution in [2.75, 3.05) is 5.73 Å². The van der Waals surface area contributed by atoms with Crippen molar-refractivity contribution in [3.05, 3.63) is 69.8 Å². The minimum Gasteiger partial charge on any atom is -0.399 e. The summed E-state index contributed by atoms with van der Waals surface area (Å²) in [6, 6.07) is 12.3. The van der Waals surface area contributed by atoms with Crippen molar-refractivity contribution in [1.82, 2.24) is 5.43 Å². The number of nitro groups is 1. The molecule has 0 fully saturated rings. The first kappa shape index (κ1) is 14.2. The molecule has 0 saturated heterocycles. The fraction of sp³-hybridized carbons (Fsp3) is 0. The van der Waals surface area contributed by atoms with Crippen molar-refractivity contribution >= 4 is 23.5 Å². The Kier molecular flexibility index (Phi) is 4.25. The number of carbonyl (C=O) groups excluding carboxylic acids is 1. The van der Waals surface area contributed by atoms with E-state index >= 15 is 0 Å². The maximum absolute atomic E-state index is 11.7. The molecule has 0 aliphatic rings. The number of nitrogens with zero attached hydrogens (tertiary/aromatic N) is 2. The number of amides is 1. The molecule has 0 bridgehead atoms. The van der Waals surface area contributed by atoms with E-state index in [1.54, 1.807) is 36.4 Å². The Hall–Kier alpha value is -3.22. The van der Waals surface area contributed by atoms with Crippen LogP contribution in [0.3, 0.4) is 0 Å². The van der Waals surface area contributed by atoms with Gasteiger partial charge >= 0.3 is 0 Å². The lowest BCUT2D eigenvalue weighted by molar-refractivity contribution is -0.384. The Labute approximate surface area is 120 Å². The second-order valence-electron chi connectivity index (χ2n) is 4.17. The highest BCUT2D eigenvalue weighted by Crippen LogP contribution is 2.11. The van der Waals surface area contributed by atoms with Crippen LogP contribution in [-0.4, -0.2) is 17.0 Å². The number of hydrazone groups is 1. The normalized spacial score (nSPS) is 10.5. The number of hydrogen-bond donors (Lipinski definition) is 2. The second-order valence-corrected chi connectivity index (χ2v) is 4.17. The zero-order valence-electron chi connectivity index (χ0n) is 10.9. The van der Waals surface area contributed by atoms with E-state index in [0.29, 0.717) is 16.8 Å². The Morgan fingerprint density at radius 3 is 2.62 bits per heavy atom. The fourth-order valence-corrected chi connectivity index (χ4v) is 1.58. The Balaban J connectivity index is 2.02. The number of non-ortho nitro benzene ring substituents is 1. The Morgan fingerprint density at radius 1 is 1.24 bits per heavy atom. The fourth-order valence-electron chi connectivity index (χ4n) is 1.58. The Bertz CT molecular complexity index is 696. The third-order valence-corrected chi connectivity index (χ3v) is 2.63. The van der Waals surface area contributed by atoms with Crippen LogP contribution in [0.5, 0.6) is 0 Å². The van der Waals surface area contributed by atoms with Gasteiger partial charge in [0.1, 0.15) is 0 Å². The van der Waals surface area contributed by atoms with Crippen LogP contribution in [0.1, 0.15) is 15.9 Å². The highest BCUT2D eigenvalue weighted by molar-refractivity contribution is 5.95. The summed E-state index contributed by atoms with van der Waals surface area (Å²) < 4.78 is 0. The van der Waals surface area contributed by atoms with Gasteiger partial charge in [0.05, 0.1) is 11.1 Å². The number of anilines is 1. The van der Waals surface area contributed by atoms with Crippen molar-refractivity contribution in [3.63, 3.8) is 0 Å². The third kappa shape index (κ3) is 3.87. The van der Waals surface area contributed by atoms with Crippen LogP contribution < -0.4 is 11.2 Å². The molecule has 0 saturated carbocycles. The van der Waals surface area contributed by atoms with Crippen LogP contribution in [0.25, 0.3) is 0 Å². The molecule has 0 spiro atoms. The highest BCUT2D eigenvalue weighted by atomic mass is 16.6. The molecule has 21 heavy (non-hydrogen) atoms. The summed E-state index contributed by atoms with van der Waals surface area (Å²) in [5.74, 6) is -0.392. The molecule has 2 aromatic carbocycles. The van der Waals surface area contributed by atoms with Gasteiger partial charge in [0.2, 0.25) is 0 Å². The first-order chi connectivity index (χ1) is 10.1. The topological polar surface area (TPSA) is 111 Å². The van der Waals surface area contributed by atoms with Crippen LogP contribution >= 0.6 is 0 Å². The van der Waals surface area contributed by atoms with Gasteiger partial charge in [-0.25, -0.2) is 5.43 Å². The van der Waals surface area contributed by atoms with Crippen molar-refractivity contribution in [1.29, 1.82) is 0 Å². The summed E-state index contributed by atoms with van der Waals surface area (Å²) in [4.78, 5) is 21.9. The van der Waals surface area contributed by atoms with Crippen LogP contribution in [0.4, 0.5) is 11.4 Å². The molecule has 7 nitrogen and oxygen atoms in total. The highest BCUT2D eigenvalue weighted by Gasteiger charge is 2.05. The zero-order valence-corrected chi connectivity index (χ0v) is 10.9. The predicted molar refractivity (Wildman–Crippen MR) is 79.0 cm³/mol. The Morgan fingerprint density at radius 2 is 1.95 bits per heavy atom. The first-order valence-corrected chi connectivity index (χ1v) is 5.99. The first-order valence-electron chi connectivity index (χ1n) is 5.99. The van der Waals surface area contributed by atoms with Gasteiger partial charge in [0, 0.05) is 28.9 Å². The molecular formula is C14H12N4O3. The molecule has 0 heterocycles. The molecule has 2 rings (SSSR count). The van der Waals surface area contributed by atoms with E-state index in [1.165, 1.54) is 18.3 Å². The molecule has 0 unspecified atom stereocenters. The van der Waals surface area contributed by atoms with Gasteiger partial charge < -0.3 is 5.73 Å². The number of carbonyl (C=O) groups is 1. The summed E-state index contributed by atoms with van der Waals surface area (Å²) in [5.41, 5.74) is 9.32. The summed E-state index contributed by atoms with van der Waals surface area (Å²) in [6.07, 6.45) is 1.34. The zero-order chi connectivity index (χ0) is 15.2. The van der Waals surface area contributed by atoms with Crippen molar-refractivity contribution in [2.24, 2.45) is 5.10 Å². The predicted octanol–water partition coefficient (Wildman–Crippen LogP) is 1.94. The SMILES string of the molecule is Nc1ccc(C(=O)N/N=C/c2cccc([N+](=O)[O-])c2)cc1. The minimum absolute atomic E-state index is 0.0381. The van der Waals surface area contributed by atoms with Gasteiger partial charge in [-0.1, -0.05) is 12.1 Å². The van der Waals surface area contributed by atoms with Crippen LogP contribution in [0.15, 0.2) is 53.6 Å². The van der Waals surface area contributed by atoms with Gasteiger partial charge in [0.25, 0.3) is 11.6 Å². The summed E-state index contributed by atoms with van der Waals surface area (Å²) in [6.45, 7) is 0. The molecule has 0 aliphatic heterocycles. The number of nitrogens with one attached hydrogen (secondary N) is 1. The standard InChI is InChI=1S/C14H12N4O3/c15-12-6-4-11(5-7-12)14(19)17-16-9-10-2-1-3-13(8-10)18(20)21/h1-9H,15H2,(H,17,19)/b16-9+. The van der Waals surface area contributed by atoms with E-state index in [1.807, 2.05) is 0 Å². The van der Waals surface area contributed by atoms with Crippen LogP contribution in [0, 0.1) is 10.1 Å². The summed E-state index contributed by atoms with van der Waals surface area (Å²) >= 11 is 0. The molecule has 0 aliphatic carbocycles. The minimum atomic E-state index is -0.496. The van der Waals surface area contributed by atoms with E-state index in [0.717, 1.165) is 0 Å². The third-order valence-electron chi connectivity index (χ3n) is 2.63. The molecule has 1 amide bonds. The average molecular weight is 284 g/mol. The van der Waals surface area contributed by atoms with Crippen LogP contribution in [-0.2, 0) is 0 Å². The number of nitrogens with two attached hydrogens (primary N) is 1. The maximum atomic E-state index is 11.7. The van der Waals surface area contributed by atoms with E-state index in [2.05, 4.69) is 10.5 Å². The van der Waals surface area contributed by atoms with Crippen LogP contribution in [0.2, 0.25) is 0 Å². The molecule has 106 valence electrons. The summed E-state index contributed by atoms with van der Waals surface area (Å²) in [7, 11) is 0. The second kappa shape index (κ2) is 6.29. The number of benzene rings is 2. The van der Waals surface area contributed by atoms with Gasteiger partial charge in [-0.15, -0.1) is 0 Å². The quantitative estimate of drug-likeness (QED) is 0.387. The largest absolute Gasteiger partial charge is 0.399 e. The smallest absolute Gasteiger partial charge is 0.271 e. The molecule has 0 atom stereocenters. The molecule has 0 radical (unpaired) electrons. The van der Waals surface area contributed by atoms with Gasteiger partial charge in [-0.05, 0) is 24.3 Å². The van der Waals surface area contributed by atoms with Gasteiger partial charge in [-0.2, -0.15) is 5.10 Å². The number of nitro benzene ring substituents is 1. The maximum Gasteiger partial charge on any atom is 0.271 e. The van der Waals surface area contributed by atoms with E-state index < -0.39 is 10.8 Å². The van der Waals surface area contributed by atoms with Crippen molar-refractivity contribution in [3.8, 4) is 0 Å². The van der Waals surface area contributed by atoms with Crippen molar-refractivity contribution < 1.29 is 9.72 Å². The number of hydrogen-bond acceptors (Lipinski definition) is 5. The summed E-state index contributed by atoms with van der Waals surface area (Å²) in [5, 5.41) is 14.4.